The largest absolute Gasteiger partial charge is 0.352 e. The molecule has 1 fully saturated rings. The van der Waals surface area contributed by atoms with Crippen molar-refractivity contribution in [3.63, 3.8) is 0 Å². The topological polar surface area (TPSA) is 95.6 Å². The Balaban J connectivity index is 1.47. The van der Waals surface area contributed by atoms with E-state index >= 15 is 0 Å². The van der Waals surface area contributed by atoms with Crippen LogP contribution in [0, 0.1) is 6.92 Å². The fourth-order valence-electron chi connectivity index (χ4n) is 3.66. The number of hydrogen-bond donors (Lipinski definition) is 2. The third-order valence-electron chi connectivity index (χ3n) is 6.00. The van der Waals surface area contributed by atoms with E-state index in [9.17, 15) is 18.0 Å². The molecular weight excluding hydrogens is 462 g/mol. The van der Waals surface area contributed by atoms with Crippen LogP contribution < -0.4 is 14.9 Å². The van der Waals surface area contributed by atoms with Gasteiger partial charge in [-0.2, -0.15) is 0 Å². The molecule has 35 heavy (non-hydrogen) atoms. The Morgan fingerprint density at radius 1 is 0.943 bits per heavy atom. The molecule has 2 amide bonds. The van der Waals surface area contributed by atoms with Gasteiger partial charge in [-0.05, 0) is 61.7 Å². The van der Waals surface area contributed by atoms with Gasteiger partial charge in [-0.3, -0.25) is 13.9 Å². The molecule has 1 aliphatic carbocycles. The second kappa shape index (κ2) is 10.3. The third-order valence-corrected chi connectivity index (χ3v) is 7.80. The lowest BCUT2D eigenvalue weighted by molar-refractivity contribution is -0.123. The Labute approximate surface area is 206 Å². The van der Waals surface area contributed by atoms with Crippen molar-refractivity contribution in [3.8, 4) is 0 Å². The number of nitrogens with zero attached hydrogens (tertiary/aromatic N) is 1. The first-order chi connectivity index (χ1) is 16.7. The second-order valence-corrected chi connectivity index (χ2v) is 10.8. The number of carbonyl (C=O) groups is 2. The molecule has 4 rings (SSSR count). The van der Waals surface area contributed by atoms with Crippen LogP contribution >= 0.6 is 0 Å². The maximum absolute atomic E-state index is 13.0. The molecule has 0 heterocycles. The molecule has 7 nitrogen and oxygen atoms in total. The van der Waals surface area contributed by atoms with Crippen LogP contribution in [-0.4, -0.2) is 39.4 Å². The van der Waals surface area contributed by atoms with Crippen molar-refractivity contribution in [3.05, 3.63) is 95.6 Å². The Bertz CT molecular complexity index is 1290. The van der Waals surface area contributed by atoms with E-state index in [1.807, 2.05) is 37.3 Å². The minimum absolute atomic E-state index is 0.183. The van der Waals surface area contributed by atoms with Crippen LogP contribution in [0.2, 0.25) is 0 Å². The lowest BCUT2D eigenvalue weighted by Gasteiger charge is -2.21. The normalized spacial score (nSPS) is 14.1. The number of amides is 2. The average molecular weight is 492 g/mol. The Morgan fingerprint density at radius 3 is 2.17 bits per heavy atom. The Kier molecular flexibility index (Phi) is 7.21. The number of anilines is 1. The van der Waals surface area contributed by atoms with E-state index in [1.165, 1.54) is 11.4 Å². The molecule has 3 aromatic rings. The molecule has 1 unspecified atom stereocenters. The molecular formula is C27H29N3O4S. The van der Waals surface area contributed by atoms with Crippen LogP contribution in [0.3, 0.4) is 0 Å². The highest BCUT2D eigenvalue weighted by molar-refractivity contribution is 7.92. The number of benzene rings is 3. The van der Waals surface area contributed by atoms with Crippen molar-refractivity contribution >= 4 is 27.5 Å². The first kappa shape index (κ1) is 24.5. The van der Waals surface area contributed by atoms with Gasteiger partial charge in [0.15, 0.2) is 0 Å². The summed E-state index contributed by atoms with van der Waals surface area (Å²) in [7, 11) is -2.26. The lowest BCUT2D eigenvalue weighted by Crippen LogP contribution is -2.48. The van der Waals surface area contributed by atoms with Crippen molar-refractivity contribution in [2.24, 2.45) is 0 Å². The van der Waals surface area contributed by atoms with E-state index < -0.39 is 22.0 Å². The summed E-state index contributed by atoms with van der Waals surface area (Å²) in [6.45, 7) is 1.89. The molecule has 0 aromatic heterocycles. The fourth-order valence-corrected chi connectivity index (χ4v) is 4.86. The predicted molar refractivity (Wildman–Crippen MR) is 136 cm³/mol. The lowest BCUT2D eigenvalue weighted by atomic mass is 10.0. The summed E-state index contributed by atoms with van der Waals surface area (Å²) < 4.78 is 27.1. The van der Waals surface area contributed by atoms with E-state index in [4.69, 9.17) is 0 Å². The van der Waals surface area contributed by atoms with Gasteiger partial charge < -0.3 is 10.6 Å². The predicted octanol–water partition coefficient (Wildman–Crippen LogP) is 3.44. The van der Waals surface area contributed by atoms with Gasteiger partial charge in [0.25, 0.3) is 15.9 Å². The van der Waals surface area contributed by atoms with Crippen LogP contribution in [-0.2, 0) is 21.2 Å². The van der Waals surface area contributed by atoms with Crippen LogP contribution in [0.4, 0.5) is 5.69 Å². The van der Waals surface area contributed by atoms with Gasteiger partial charge in [0.2, 0.25) is 5.91 Å². The quantitative estimate of drug-likeness (QED) is 0.479. The van der Waals surface area contributed by atoms with Gasteiger partial charge in [-0.25, -0.2) is 8.42 Å². The zero-order valence-electron chi connectivity index (χ0n) is 19.8. The van der Waals surface area contributed by atoms with Crippen LogP contribution in [0.15, 0.2) is 83.8 Å². The third kappa shape index (κ3) is 6.08. The Hall–Kier alpha value is -3.65. The monoisotopic (exact) mass is 491 g/mol. The summed E-state index contributed by atoms with van der Waals surface area (Å²) in [5, 5.41) is 5.81. The fraction of sp³-hybridized carbons (Fsp3) is 0.259. The van der Waals surface area contributed by atoms with E-state index in [0.29, 0.717) is 17.7 Å². The highest BCUT2D eigenvalue weighted by Crippen LogP contribution is 2.23. The van der Waals surface area contributed by atoms with Crippen LogP contribution in [0.5, 0.6) is 0 Å². The number of hydrogen-bond acceptors (Lipinski definition) is 4. The van der Waals surface area contributed by atoms with Gasteiger partial charge in [0.05, 0.1) is 10.6 Å². The van der Waals surface area contributed by atoms with Gasteiger partial charge in [-0.1, -0.05) is 48.0 Å². The number of aryl methyl sites for hydroxylation is 1. The molecule has 1 atom stereocenters. The van der Waals surface area contributed by atoms with E-state index in [0.717, 1.165) is 24.0 Å². The molecule has 0 radical (unpaired) electrons. The molecule has 1 saturated carbocycles. The summed E-state index contributed by atoms with van der Waals surface area (Å²) in [5.74, 6) is -0.599. The smallest absolute Gasteiger partial charge is 0.264 e. The minimum atomic E-state index is -3.73. The van der Waals surface area contributed by atoms with E-state index in [-0.39, 0.29) is 16.8 Å². The van der Waals surface area contributed by atoms with Crippen molar-refractivity contribution in [2.45, 2.75) is 43.2 Å². The van der Waals surface area contributed by atoms with Gasteiger partial charge in [0, 0.05) is 25.1 Å². The van der Waals surface area contributed by atoms with Crippen molar-refractivity contribution < 1.29 is 18.0 Å². The number of carbonyl (C=O) groups excluding carboxylic acids is 2. The van der Waals surface area contributed by atoms with Gasteiger partial charge in [0.1, 0.15) is 6.04 Å². The zero-order chi connectivity index (χ0) is 25.0. The summed E-state index contributed by atoms with van der Waals surface area (Å²) in [5.41, 5.74) is 2.68. The van der Waals surface area contributed by atoms with Crippen molar-refractivity contribution in [1.29, 1.82) is 0 Å². The number of sulfonamides is 1. The van der Waals surface area contributed by atoms with Crippen molar-refractivity contribution in [1.82, 2.24) is 10.6 Å². The molecule has 0 saturated heterocycles. The SMILES string of the molecule is Cc1ccc(S(=O)(=O)N(C)c2ccc(C(=O)NC(Cc3ccccc3)C(=O)NC3CC3)cc2)cc1. The standard InChI is InChI=1S/C27H29N3O4S/c1-19-8-16-24(17-9-19)35(33,34)30(2)23-14-10-21(11-15-23)26(31)29-25(27(32)28-22-12-13-22)18-20-6-4-3-5-7-20/h3-11,14-17,22,25H,12-13,18H2,1-2H3,(H,28,32)(H,29,31). The summed E-state index contributed by atoms with van der Waals surface area (Å²) in [4.78, 5) is 25.9. The molecule has 0 aliphatic heterocycles. The van der Waals surface area contributed by atoms with Crippen LogP contribution in [0.25, 0.3) is 0 Å². The number of rotatable bonds is 9. The molecule has 1 aliphatic rings. The van der Waals surface area contributed by atoms with E-state index in [1.54, 1.807) is 48.5 Å². The Morgan fingerprint density at radius 2 is 1.57 bits per heavy atom. The van der Waals surface area contributed by atoms with Gasteiger partial charge >= 0.3 is 0 Å². The minimum Gasteiger partial charge on any atom is -0.352 e. The summed E-state index contributed by atoms with van der Waals surface area (Å²) in [6.07, 6.45) is 2.29. The first-order valence-corrected chi connectivity index (χ1v) is 13.0. The highest BCUT2D eigenvalue weighted by atomic mass is 32.2. The number of nitrogens with one attached hydrogen (secondary N) is 2. The molecule has 0 spiro atoms. The molecule has 182 valence electrons. The maximum Gasteiger partial charge on any atom is 0.264 e. The first-order valence-electron chi connectivity index (χ1n) is 11.5. The second-order valence-electron chi connectivity index (χ2n) is 8.83. The molecule has 2 N–H and O–H groups in total. The zero-order valence-corrected chi connectivity index (χ0v) is 20.6. The molecule has 8 heteroatoms. The molecule has 3 aromatic carbocycles. The van der Waals surface area contributed by atoms with E-state index in [2.05, 4.69) is 10.6 Å². The van der Waals surface area contributed by atoms with Crippen molar-refractivity contribution in [2.75, 3.05) is 11.4 Å². The summed E-state index contributed by atoms with van der Waals surface area (Å²) in [6, 6.07) is 21.9. The highest BCUT2D eigenvalue weighted by Gasteiger charge is 2.29. The van der Waals surface area contributed by atoms with Crippen LogP contribution in [0.1, 0.15) is 34.3 Å². The molecule has 0 bridgehead atoms. The van der Waals surface area contributed by atoms with Gasteiger partial charge in [-0.15, -0.1) is 0 Å². The summed E-state index contributed by atoms with van der Waals surface area (Å²) >= 11 is 0. The maximum atomic E-state index is 13.0. The average Bonchev–Trinajstić information content (AvgIpc) is 3.68.